The Morgan fingerprint density at radius 2 is 0.877 bits per heavy atom. The van der Waals surface area contributed by atoms with E-state index in [2.05, 4.69) is 217 Å². The summed E-state index contributed by atoms with van der Waals surface area (Å²) in [6.07, 6.45) is 0. The lowest BCUT2D eigenvalue weighted by molar-refractivity contribution is 0.670. The summed E-state index contributed by atoms with van der Waals surface area (Å²) >= 11 is 1.86. The summed E-state index contributed by atoms with van der Waals surface area (Å²) in [5.74, 6) is 0. The minimum Gasteiger partial charge on any atom is -0.455 e. The summed E-state index contributed by atoms with van der Waals surface area (Å²) in [6.45, 7) is 0. The summed E-state index contributed by atoms with van der Waals surface area (Å²) in [5, 5.41) is 4.71. The highest BCUT2D eigenvalue weighted by molar-refractivity contribution is 7.25. The summed E-state index contributed by atoms with van der Waals surface area (Å²) in [6, 6.07) is 76.3. The lowest BCUT2D eigenvalue weighted by Gasteiger charge is -2.29. The lowest BCUT2D eigenvalue weighted by atomic mass is 9.95. The van der Waals surface area contributed by atoms with Crippen LogP contribution in [0, 0.1) is 0 Å². The van der Waals surface area contributed by atoms with Crippen LogP contribution in [0.3, 0.4) is 0 Å². The van der Waals surface area contributed by atoms with Gasteiger partial charge < -0.3 is 9.32 Å². The Morgan fingerprint density at radius 1 is 0.351 bits per heavy atom. The molecule has 2 nitrogen and oxygen atoms in total. The molecule has 0 amide bonds. The smallest absolute Gasteiger partial charge is 0.145 e. The molecule has 3 heteroatoms. The minimum atomic E-state index is 0.869. The van der Waals surface area contributed by atoms with Gasteiger partial charge in [0.05, 0.1) is 16.8 Å². The molecule has 268 valence electrons. The van der Waals surface area contributed by atoms with E-state index in [0.717, 1.165) is 61.3 Å². The molecule has 0 aliphatic heterocycles. The zero-order chi connectivity index (χ0) is 37.7. The monoisotopic (exact) mass is 745 g/mol. The highest BCUT2D eigenvalue weighted by Gasteiger charge is 2.25. The molecular formula is C54H35NOS. The second-order valence-electron chi connectivity index (χ2n) is 14.5. The molecule has 0 radical (unpaired) electrons. The second kappa shape index (κ2) is 13.8. The molecule has 0 saturated heterocycles. The van der Waals surface area contributed by atoms with E-state index in [4.69, 9.17) is 4.42 Å². The normalized spacial score (nSPS) is 11.5. The van der Waals surface area contributed by atoms with E-state index in [0.29, 0.717) is 0 Å². The van der Waals surface area contributed by atoms with Gasteiger partial charge in [0.1, 0.15) is 11.2 Å². The molecule has 0 aliphatic carbocycles. The van der Waals surface area contributed by atoms with Crippen LogP contribution < -0.4 is 4.90 Å². The molecule has 0 atom stereocenters. The zero-order valence-corrected chi connectivity index (χ0v) is 31.8. The van der Waals surface area contributed by atoms with Gasteiger partial charge >= 0.3 is 0 Å². The lowest BCUT2D eigenvalue weighted by Crippen LogP contribution is -2.12. The fraction of sp³-hybridized carbons (Fsp3) is 0. The fourth-order valence-corrected chi connectivity index (χ4v) is 9.53. The van der Waals surface area contributed by atoms with Crippen molar-refractivity contribution in [2.24, 2.45) is 0 Å². The molecule has 0 aliphatic rings. The molecule has 0 N–H and O–H groups in total. The van der Waals surface area contributed by atoms with Gasteiger partial charge in [-0.15, -0.1) is 11.3 Å². The van der Waals surface area contributed by atoms with Crippen LogP contribution in [-0.2, 0) is 0 Å². The zero-order valence-electron chi connectivity index (χ0n) is 31.0. The van der Waals surface area contributed by atoms with E-state index < -0.39 is 0 Å². The Morgan fingerprint density at radius 3 is 1.56 bits per heavy atom. The number of anilines is 3. The Labute approximate surface area is 335 Å². The number of hydrogen-bond acceptors (Lipinski definition) is 3. The summed E-state index contributed by atoms with van der Waals surface area (Å²) in [5.41, 5.74) is 14.3. The van der Waals surface area contributed by atoms with E-state index in [1.54, 1.807) is 0 Å². The average molecular weight is 746 g/mol. The molecule has 2 heterocycles. The average Bonchev–Trinajstić information content (AvgIpc) is 3.86. The highest BCUT2D eigenvalue weighted by Crippen LogP contribution is 2.50. The fourth-order valence-electron chi connectivity index (χ4n) is 8.36. The van der Waals surface area contributed by atoms with Crippen LogP contribution in [0.15, 0.2) is 217 Å². The van der Waals surface area contributed by atoms with E-state index in [-0.39, 0.29) is 0 Å². The first-order valence-electron chi connectivity index (χ1n) is 19.3. The minimum absolute atomic E-state index is 0.869. The van der Waals surface area contributed by atoms with Crippen molar-refractivity contribution in [3.8, 4) is 44.5 Å². The molecular weight excluding hydrogens is 711 g/mol. The van der Waals surface area contributed by atoms with Crippen LogP contribution in [0.1, 0.15) is 0 Å². The van der Waals surface area contributed by atoms with Crippen LogP contribution in [0.5, 0.6) is 0 Å². The van der Waals surface area contributed by atoms with E-state index in [1.807, 2.05) is 11.3 Å². The van der Waals surface area contributed by atoms with Crippen molar-refractivity contribution in [2.75, 3.05) is 4.90 Å². The Balaban J connectivity index is 1.19. The van der Waals surface area contributed by atoms with Crippen LogP contribution in [0.2, 0.25) is 0 Å². The summed E-state index contributed by atoms with van der Waals surface area (Å²) in [7, 11) is 0. The van der Waals surface area contributed by atoms with Gasteiger partial charge in [-0.2, -0.15) is 0 Å². The Bertz CT molecular complexity index is 3220. The molecule has 2 aromatic heterocycles. The van der Waals surface area contributed by atoms with Crippen molar-refractivity contribution in [1.82, 2.24) is 0 Å². The third-order valence-corrected chi connectivity index (χ3v) is 12.2. The number of thiophene rings is 1. The van der Waals surface area contributed by atoms with Gasteiger partial charge in [-0.1, -0.05) is 164 Å². The predicted molar refractivity (Wildman–Crippen MR) is 243 cm³/mol. The molecule has 0 spiro atoms. The number of hydrogen-bond donors (Lipinski definition) is 0. The van der Waals surface area contributed by atoms with Crippen molar-refractivity contribution >= 4 is 70.5 Å². The van der Waals surface area contributed by atoms with Crippen molar-refractivity contribution in [3.05, 3.63) is 212 Å². The van der Waals surface area contributed by atoms with Crippen LogP contribution in [0.4, 0.5) is 17.1 Å². The van der Waals surface area contributed by atoms with Gasteiger partial charge in [0.25, 0.3) is 0 Å². The first-order chi connectivity index (χ1) is 28.3. The maximum atomic E-state index is 6.83. The number of furan rings is 1. The van der Waals surface area contributed by atoms with Crippen molar-refractivity contribution in [2.45, 2.75) is 0 Å². The second-order valence-corrected chi connectivity index (χ2v) is 15.5. The van der Waals surface area contributed by atoms with Crippen molar-refractivity contribution in [3.63, 3.8) is 0 Å². The molecule has 11 aromatic rings. The van der Waals surface area contributed by atoms with Crippen molar-refractivity contribution < 1.29 is 4.42 Å². The summed E-state index contributed by atoms with van der Waals surface area (Å²) in [4.78, 5) is 2.45. The molecule has 57 heavy (non-hydrogen) atoms. The maximum Gasteiger partial charge on any atom is 0.145 e. The van der Waals surface area contributed by atoms with E-state index in [9.17, 15) is 0 Å². The van der Waals surface area contributed by atoms with Crippen LogP contribution in [-0.4, -0.2) is 0 Å². The van der Waals surface area contributed by atoms with Crippen molar-refractivity contribution in [1.29, 1.82) is 0 Å². The van der Waals surface area contributed by atoms with Gasteiger partial charge in [0.2, 0.25) is 0 Å². The predicted octanol–water partition coefficient (Wildman–Crippen LogP) is 16.1. The first-order valence-corrected chi connectivity index (χ1v) is 20.1. The maximum absolute atomic E-state index is 6.83. The third-order valence-electron chi connectivity index (χ3n) is 11.1. The molecule has 0 unspecified atom stereocenters. The third kappa shape index (κ3) is 5.80. The van der Waals surface area contributed by atoms with Gasteiger partial charge in [0, 0.05) is 42.4 Å². The Hall–Kier alpha value is -7.20. The highest BCUT2D eigenvalue weighted by atomic mass is 32.1. The number of fused-ring (bicyclic) bond motifs is 6. The van der Waals surface area contributed by atoms with Gasteiger partial charge in [-0.05, 0) is 81.9 Å². The molecule has 0 bridgehead atoms. The molecule has 11 rings (SSSR count). The first kappa shape index (κ1) is 33.2. The largest absolute Gasteiger partial charge is 0.455 e. The van der Waals surface area contributed by atoms with E-state index >= 15 is 0 Å². The summed E-state index contributed by atoms with van der Waals surface area (Å²) < 4.78 is 9.35. The topological polar surface area (TPSA) is 16.4 Å². The van der Waals surface area contributed by atoms with E-state index in [1.165, 1.54) is 42.4 Å². The number of rotatable bonds is 7. The number of para-hydroxylation sites is 1. The van der Waals surface area contributed by atoms with Gasteiger partial charge in [-0.25, -0.2) is 0 Å². The van der Waals surface area contributed by atoms with Crippen LogP contribution in [0.25, 0.3) is 86.6 Å². The number of benzene rings is 9. The molecule has 0 saturated carbocycles. The van der Waals surface area contributed by atoms with Crippen LogP contribution >= 0.6 is 11.3 Å². The van der Waals surface area contributed by atoms with Gasteiger partial charge in [-0.3, -0.25) is 0 Å². The number of nitrogens with zero attached hydrogens (tertiary/aromatic N) is 1. The Kier molecular flexibility index (Phi) is 8.04. The van der Waals surface area contributed by atoms with Gasteiger partial charge in [0.15, 0.2) is 0 Å². The quantitative estimate of drug-likeness (QED) is 0.162. The standard InChI is InChI=1S/C54H35NOS/c1-5-15-36(16-6-1)40-26-31-48(47(33-40)39-21-11-4-12-22-39)55(42-27-29-45-44-28-25-41(37-17-7-2-8-18-37)34-51(44)57-52(45)35-42)49-32-30-43(38-19-9-3-10-20-38)54-53(49)46-23-13-14-24-50(46)56-54/h1-35H. The SMILES string of the molecule is c1ccc(-c2ccc(N(c3ccc4c(c3)sc3cc(-c5ccccc5)ccc34)c3ccc(-c4ccccc4)c4oc5ccccc5c34)c(-c3ccccc3)c2)cc1. The molecule has 0 fully saturated rings. The molecule has 9 aromatic carbocycles.